The Kier molecular flexibility index (Phi) is 8.34. The number of fused-ring (bicyclic) bond motifs is 1. The van der Waals surface area contributed by atoms with Gasteiger partial charge in [-0.2, -0.15) is 0 Å². The first kappa shape index (κ1) is 25.9. The molecule has 0 atom stereocenters. The summed E-state index contributed by atoms with van der Waals surface area (Å²) in [7, 11) is 0. The van der Waals surface area contributed by atoms with Gasteiger partial charge < -0.3 is 14.8 Å². The highest BCUT2D eigenvalue weighted by Gasteiger charge is 2.23. The van der Waals surface area contributed by atoms with Crippen molar-refractivity contribution in [2.45, 2.75) is 57.8 Å². The van der Waals surface area contributed by atoms with Crippen molar-refractivity contribution < 1.29 is 18.7 Å². The van der Waals surface area contributed by atoms with Crippen molar-refractivity contribution >= 4 is 16.7 Å². The quantitative estimate of drug-likeness (QED) is 0.258. The Morgan fingerprint density at radius 3 is 2.45 bits per heavy atom. The molecule has 0 heterocycles. The van der Waals surface area contributed by atoms with Crippen molar-refractivity contribution in [1.82, 2.24) is 5.32 Å². The molecule has 38 heavy (non-hydrogen) atoms. The number of benzene rings is 4. The lowest BCUT2D eigenvalue weighted by atomic mass is 9.94. The van der Waals surface area contributed by atoms with E-state index in [1.807, 2.05) is 24.3 Å². The van der Waals surface area contributed by atoms with Crippen molar-refractivity contribution in [3.8, 4) is 16.9 Å². The molecule has 0 radical (unpaired) electrons. The van der Waals surface area contributed by atoms with Crippen LogP contribution >= 0.6 is 0 Å². The fourth-order valence-corrected chi connectivity index (χ4v) is 5.20. The molecular weight excluding hydrogens is 477 g/mol. The zero-order valence-corrected chi connectivity index (χ0v) is 21.8. The molecule has 4 aromatic carbocycles. The fourth-order valence-electron chi connectivity index (χ4n) is 5.20. The van der Waals surface area contributed by atoms with Gasteiger partial charge in [0.2, 0.25) is 5.91 Å². The van der Waals surface area contributed by atoms with Crippen molar-refractivity contribution in [3.63, 3.8) is 0 Å². The van der Waals surface area contributed by atoms with Crippen LogP contribution in [0.15, 0.2) is 84.9 Å². The van der Waals surface area contributed by atoms with Crippen LogP contribution in [-0.4, -0.2) is 24.7 Å². The maximum absolute atomic E-state index is 14.0. The maximum atomic E-state index is 14.0. The van der Waals surface area contributed by atoms with E-state index in [0.29, 0.717) is 19.6 Å². The minimum atomic E-state index is -0.274. The normalized spacial score (nSPS) is 17.3. The first-order valence-corrected chi connectivity index (χ1v) is 13.4. The van der Waals surface area contributed by atoms with Crippen LogP contribution in [0, 0.1) is 5.82 Å². The van der Waals surface area contributed by atoms with Crippen molar-refractivity contribution in [1.29, 1.82) is 0 Å². The zero-order chi connectivity index (χ0) is 26.3. The predicted molar refractivity (Wildman–Crippen MR) is 150 cm³/mol. The minimum absolute atomic E-state index is 0.0610. The van der Waals surface area contributed by atoms with Gasteiger partial charge in [0.05, 0.1) is 18.8 Å². The van der Waals surface area contributed by atoms with Gasteiger partial charge in [-0.3, -0.25) is 4.79 Å². The molecule has 5 rings (SSSR count). The van der Waals surface area contributed by atoms with Crippen LogP contribution in [0.5, 0.6) is 5.75 Å². The Balaban J connectivity index is 1.18. The highest BCUT2D eigenvalue weighted by molar-refractivity contribution is 5.83. The third kappa shape index (κ3) is 6.78. The molecule has 1 aliphatic rings. The Morgan fingerprint density at radius 2 is 1.66 bits per heavy atom. The van der Waals surface area contributed by atoms with Crippen LogP contribution < -0.4 is 10.1 Å². The molecule has 4 nitrogen and oxygen atoms in total. The Morgan fingerprint density at radius 1 is 0.868 bits per heavy atom. The van der Waals surface area contributed by atoms with E-state index in [1.165, 1.54) is 29.3 Å². The molecule has 5 heteroatoms. The average Bonchev–Trinajstić information content (AvgIpc) is 2.93. The molecule has 1 fully saturated rings. The van der Waals surface area contributed by atoms with Crippen molar-refractivity contribution in [3.05, 3.63) is 102 Å². The number of hydrogen-bond acceptors (Lipinski definition) is 3. The number of halogens is 1. The van der Waals surface area contributed by atoms with E-state index < -0.39 is 0 Å². The number of carbonyl (C=O) groups excluding carboxylic acids is 1. The SMILES string of the molecule is CC(=O)NCCc1ccc(OC2CCC(OCc3ccc4ccccc4c3)CC2)cc1-c1cccc(F)c1. The number of amides is 1. The van der Waals surface area contributed by atoms with Gasteiger partial charge in [0, 0.05) is 13.5 Å². The summed E-state index contributed by atoms with van der Waals surface area (Å²) in [5.41, 5.74) is 3.98. The number of ether oxygens (including phenoxy) is 2. The van der Waals surface area contributed by atoms with E-state index in [1.54, 1.807) is 12.1 Å². The lowest BCUT2D eigenvalue weighted by Gasteiger charge is -2.29. The molecule has 0 saturated heterocycles. The third-order valence-corrected chi connectivity index (χ3v) is 7.21. The van der Waals surface area contributed by atoms with E-state index in [2.05, 4.69) is 47.8 Å². The van der Waals surface area contributed by atoms with Gasteiger partial charge in [-0.1, -0.05) is 54.6 Å². The van der Waals surface area contributed by atoms with Crippen LogP contribution in [0.3, 0.4) is 0 Å². The lowest BCUT2D eigenvalue weighted by molar-refractivity contribution is -0.118. The zero-order valence-electron chi connectivity index (χ0n) is 21.8. The van der Waals surface area contributed by atoms with Crippen molar-refractivity contribution in [2.24, 2.45) is 0 Å². The molecule has 1 aliphatic carbocycles. The first-order valence-electron chi connectivity index (χ1n) is 13.4. The number of hydrogen-bond donors (Lipinski definition) is 1. The van der Waals surface area contributed by atoms with E-state index in [-0.39, 0.29) is 23.9 Å². The summed E-state index contributed by atoms with van der Waals surface area (Å²) in [4.78, 5) is 11.3. The van der Waals surface area contributed by atoms with Gasteiger partial charge >= 0.3 is 0 Å². The van der Waals surface area contributed by atoms with E-state index >= 15 is 0 Å². The molecule has 0 aliphatic heterocycles. The molecule has 1 saturated carbocycles. The molecule has 1 amide bonds. The Hall–Kier alpha value is -3.70. The monoisotopic (exact) mass is 511 g/mol. The minimum Gasteiger partial charge on any atom is -0.490 e. The Labute approximate surface area is 223 Å². The first-order chi connectivity index (χ1) is 18.5. The highest BCUT2D eigenvalue weighted by atomic mass is 19.1. The number of carbonyl (C=O) groups is 1. The molecule has 1 N–H and O–H groups in total. The summed E-state index contributed by atoms with van der Waals surface area (Å²) in [6.45, 7) is 2.66. The molecule has 0 unspecified atom stereocenters. The van der Waals surface area contributed by atoms with E-state index in [9.17, 15) is 9.18 Å². The summed E-state index contributed by atoms with van der Waals surface area (Å²) in [5, 5.41) is 5.33. The van der Waals surface area contributed by atoms with Gasteiger partial charge in [0.1, 0.15) is 11.6 Å². The number of rotatable bonds is 9. The largest absolute Gasteiger partial charge is 0.490 e. The molecule has 0 spiro atoms. The Bertz CT molecular complexity index is 1390. The van der Waals surface area contributed by atoms with Crippen molar-refractivity contribution in [2.75, 3.05) is 6.54 Å². The van der Waals surface area contributed by atoms with Crippen LogP contribution in [0.25, 0.3) is 21.9 Å². The molecule has 196 valence electrons. The third-order valence-electron chi connectivity index (χ3n) is 7.21. The molecular formula is C33H34FNO3. The lowest BCUT2D eigenvalue weighted by Crippen LogP contribution is -2.28. The fraction of sp³-hybridized carbons (Fsp3) is 0.303. The molecule has 4 aromatic rings. The summed E-state index contributed by atoms with van der Waals surface area (Å²) in [6, 6.07) is 27.5. The smallest absolute Gasteiger partial charge is 0.216 e. The molecule has 0 aromatic heterocycles. The van der Waals surface area contributed by atoms with Gasteiger partial charge in [-0.15, -0.1) is 0 Å². The maximum Gasteiger partial charge on any atom is 0.216 e. The van der Waals surface area contributed by atoms with Crippen LogP contribution in [0.4, 0.5) is 4.39 Å². The second-order valence-electron chi connectivity index (χ2n) is 10.1. The van der Waals surface area contributed by atoms with Crippen LogP contribution in [0.2, 0.25) is 0 Å². The standard InChI is InChI=1S/C33H34FNO3/c1-23(36)35-18-17-26-11-12-32(21-33(26)28-7-4-8-29(34)20-28)38-31-15-13-30(14-16-31)37-22-24-9-10-25-5-2-3-6-27(25)19-24/h2-12,19-21,30-31H,13-18,22H2,1H3,(H,35,36). The molecule has 0 bridgehead atoms. The second kappa shape index (κ2) is 12.2. The predicted octanol–water partition coefficient (Wildman–Crippen LogP) is 7.23. The number of nitrogens with one attached hydrogen (secondary N) is 1. The van der Waals surface area contributed by atoms with Gasteiger partial charge in [-0.05, 0) is 95.5 Å². The highest BCUT2D eigenvalue weighted by Crippen LogP contribution is 2.32. The summed E-state index contributed by atoms with van der Waals surface area (Å²) < 4.78 is 26.6. The van der Waals surface area contributed by atoms with Gasteiger partial charge in [-0.25, -0.2) is 4.39 Å². The van der Waals surface area contributed by atoms with E-state index in [0.717, 1.165) is 48.1 Å². The summed E-state index contributed by atoms with van der Waals surface area (Å²) >= 11 is 0. The van der Waals surface area contributed by atoms with Crippen LogP contribution in [-0.2, 0) is 22.6 Å². The van der Waals surface area contributed by atoms with Gasteiger partial charge in [0.15, 0.2) is 0 Å². The van der Waals surface area contributed by atoms with Crippen LogP contribution in [0.1, 0.15) is 43.7 Å². The van der Waals surface area contributed by atoms with E-state index in [4.69, 9.17) is 9.47 Å². The summed E-state index contributed by atoms with van der Waals surface area (Å²) in [6.07, 6.45) is 4.81. The summed E-state index contributed by atoms with van der Waals surface area (Å²) in [5.74, 6) is 0.450. The van der Waals surface area contributed by atoms with Gasteiger partial charge in [0.25, 0.3) is 0 Å². The second-order valence-corrected chi connectivity index (χ2v) is 10.1. The average molecular weight is 512 g/mol. The topological polar surface area (TPSA) is 47.6 Å².